The predicted molar refractivity (Wildman–Crippen MR) is 126 cm³/mol. The van der Waals surface area contributed by atoms with E-state index < -0.39 is 0 Å². The number of rotatable bonds is 2. The van der Waals surface area contributed by atoms with E-state index in [1.165, 1.54) is 27.8 Å². The lowest BCUT2D eigenvalue weighted by molar-refractivity contribution is 0.630. The van der Waals surface area contributed by atoms with Gasteiger partial charge in [0.15, 0.2) is 0 Å². The fraction of sp³-hybridized carbons (Fsp3) is 0.103. The summed E-state index contributed by atoms with van der Waals surface area (Å²) in [6, 6.07) is 29.0. The molecule has 30 heavy (non-hydrogen) atoms. The van der Waals surface area contributed by atoms with Gasteiger partial charge in [0.25, 0.3) is 0 Å². The molecule has 0 radical (unpaired) electrons. The monoisotopic (exact) mass is 390 g/mol. The molecule has 0 aliphatic heterocycles. The summed E-state index contributed by atoms with van der Waals surface area (Å²) in [4.78, 5) is 0. The van der Waals surface area contributed by atoms with E-state index in [9.17, 15) is 4.39 Å². The van der Waals surface area contributed by atoms with E-state index in [0.717, 1.165) is 32.7 Å². The molecule has 0 nitrogen and oxygen atoms in total. The number of hydrogen-bond donors (Lipinski definition) is 0. The third-order valence-electron chi connectivity index (χ3n) is 5.92. The van der Waals surface area contributed by atoms with E-state index in [-0.39, 0.29) is 5.82 Å². The summed E-state index contributed by atoms with van der Waals surface area (Å²) in [5, 5.41) is 4.28. The van der Waals surface area contributed by atoms with Crippen molar-refractivity contribution in [3.63, 3.8) is 0 Å². The van der Waals surface area contributed by atoms with Crippen LogP contribution in [0, 0.1) is 26.6 Å². The van der Waals surface area contributed by atoms with Gasteiger partial charge >= 0.3 is 0 Å². The molecule has 0 fully saturated rings. The zero-order valence-electron chi connectivity index (χ0n) is 17.5. The normalized spacial score (nSPS) is 11.3. The Morgan fingerprint density at radius 3 is 1.53 bits per heavy atom. The quantitative estimate of drug-likeness (QED) is 0.265. The lowest BCUT2D eigenvalue weighted by atomic mass is 9.84. The second kappa shape index (κ2) is 7.11. The Hall–Kier alpha value is -3.45. The maximum atomic E-state index is 14.3. The first kappa shape index (κ1) is 18.6. The van der Waals surface area contributed by atoms with Gasteiger partial charge in [-0.1, -0.05) is 89.5 Å². The molecule has 0 spiro atoms. The van der Waals surface area contributed by atoms with E-state index in [0.29, 0.717) is 0 Å². The Kier molecular flexibility index (Phi) is 4.40. The van der Waals surface area contributed by atoms with Crippen LogP contribution in [0.5, 0.6) is 0 Å². The Morgan fingerprint density at radius 2 is 0.933 bits per heavy atom. The third-order valence-corrected chi connectivity index (χ3v) is 5.92. The van der Waals surface area contributed by atoms with Crippen LogP contribution in [0.25, 0.3) is 43.8 Å². The highest BCUT2D eigenvalue weighted by Gasteiger charge is 2.18. The summed E-state index contributed by atoms with van der Waals surface area (Å²) in [5.74, 6) is -0.206. The molecule has 0 aromatic heterocycles. The molecule has 0 saturated heterocycles. The van der Waals surface area contributed by atoms with Crippen LogP contribution in [0.15, 0.2) is 84.9 Å². The largest absolute Gasteiger partial charge is 0.207 e. The van der Waals surface area contributed by atoms with Crippen molar-refractivity contribution in [2.24, 2.45) is 0 Å². The Morgan fingerprint density at radius 1 is 0.433 bits per heavy atom. The minimum atomic E-state index is -0.206. The van der Waals surface area contributed by atoms with Crippen molar-refractivity contribution < 1.29 is 4.39 Å². The number of hydrogen-bond acceptors (Lipinski definition) is 0. The average Bonchev–Trinajstić information content (AvgIpc) is 2.74. The highest BCUT2D eigenvalue weighted by molar-refractivity contribution is 6.21. The second-order valence-electron chi connectivity index (χ2n) is 8.22. The van der Waals surface area contributed by atoms with Gasteiger partial charge in [-0.3, -0.25) is 0 Å². The van der Waals surface area contributed by atoms with E-state index in [2.05, 4.69) is 87.5 Å². The van der Waals surface area contributed by atoms with Gasteiger partial charge in [0.05, 0.1) is 0 Å². The van der Waals surface area contributed by atoms with Gasteiger partial charge in [-0.05, 0) is 76.7 Å². The zero-order chi connectivity index (χ0) is 20.8. The maximum absolute atomic E-state index is 14.3. The standard InChI is InChI=1S/C29H23F/c1-18-4-9-21(10-5-18)28-25-15-13-23(30)17-26(25)24-14-8-20(3)16-27(24)29(28)22-11-6-19(2)7-12-22/h4-17H,1-3H3. The fourth-order valence-corrected chi connectivity index (χ4v) is 4.37. The van der Waals surface area contributed by atoms with E-state index in [4.69, 9.17) is 0 Å². The van der Waals surface area contributed by atoms with Gasteiger partial charge in [-0.2, -0.15) is 0 Å². The van der Waals surface area contributed by atoms with E-state index in [1.807, 2.05) is 6.07 Å². The molecule has 5 aromatic rings. The van der Waals surface area contributed by atoms with Gasteiger partial charge < -0.3 is 0 Å². The minimum Gasteiger partial charge on any atom is -0.207 e. The minimum absolute atomic E-state index is 0.206. The Labute approximate surface area is 176 Å². The van der Waals surface area contributed by atoms with Crippen LogP contribution in [-0.4, -0.2) is 0 Å². The summed E-state index contributed by atoms with van der Waals surface area (Å²) in [6.45, 7) is 6.32. The lowest BCUT2D eigenvalue weighted by Gasteiger charge is -2.19. The van der Waals surface area contributed by atoms with Crippen LogP contribution in [-0.2, 0) is 0 Å². The van der Waals surface area contributed by atoms with Crippen molar-refractivity contribution in [2.45, 2.75) is 20.8 Å². The van der Waals surface area contributed by atoms with Crippen LogP contribution in [0.3, 0.4) is 0 Å². The van der Waals surface area contributed by atoms with Crippen molar-refractivity contribution >= 4 is 21.5 Å². The number of benzene rings is 5. The van der Waals surface area contributed by atoms with Gasteiger partial charge in [0.2, 0.25) is 0 Å². The SMILES string of the molecule is Cc1ccc(-c2c(-c3ccc(C)cc3)c3ccc(F)cc3c3ccc(C)cc23)cc1. The first-order valence-electron chi connectivity index (χ1n) is 10.3. The van der Waals surface area contributed by atoms with Crippen LogP contribution in [0.2, 0.25) is 0 Å². The molecule has 0 saturated carbocycles. The molecule has 146 valence electrons. The lowest BCUT2D eigenvalue weighted by Crippen LogP contribution is -1.93. The highest BCUT2D eigenvalue weighted by atomic mass is 19.1. The summed E-state index contributed by atoms with van der Waals surface area (Å²) in [6.07, 6.45) is 0. The van der Waals surface area contributed by atoms with Crippen molar-refractivity contribution in [3.05, 3.63) is 107 Å². The first-order valence-corrected chi connectivity index (χ1v) is 10.3. The topological polar surface area (TPSA) is 0 Å². The smallest absolute Gasteiger partial charge is 0.123 e. The van der Waals surface area contributed by atoms with Crippen LogP contribution < -0.4 is 0 Å². The van der Waals surface area contributed by atoms with E-state index >= 15 is 0 Å². The zero-order valence-corrected chi connectivity index (χ0v) is 17.5. The van der Waals surface area contributed by atoms with Crippen molar-refractivity contribution in [1.29, 1.82) is 0 Å². The van der Waals surface area contributed by atoms with Crippen molar-refractivity contribution in [2.75, 3.05) is 0 Å². The molecule has 0 heterocycles. The highest BCUT2D eigenvalue weighted by Crippen LogP contribution is 2.44. The van der Waals surface area contributed by atoms with Gasteiger partial charge in [0.1, 0.15) is 5.82 Å². The molecule has 0 atom stereocenters. The van der Waals surface area contributed by atoms with Crippen molar-refractivity contribution in [3.8, 4) is 22.3 Å². The average molecular weight is 391 g/mol. The maximum Gasteiger partial charge on any atom is 0.123 e. The molecule has 1 heteroatoms. The van der Waals surface area contributed by atoms with Crippen LogP contribution in [0.4, 0.5) is 4.39 Å². The van der Waals surface area contributed by atoms with Gasteiger partial charge in [-0.15, -0.1) is 0 Å². The molecule has 0 amide bonds. The Balaban J connectivity index is 2.03. The van der Waals surface area contributed by atoms with Gasteiger partial charge in [0, 0.05) is 0 Å². The summed E-state index contributed by atoms with van der Waals surface area (Å²) in [7, 11) is 0. The molecule has 0 aliphatic rings. The molecule has 0 aliphatic carbocycles. The first-order chi connectivity index (χ1) is 14.5. The predicted octanol–water partition coefficient (Wildman–Crippen LogP) is 8.39. The fourth-order valence-electron chi connectivity index (χ4n) is 4.37. The number of aryl methyl sites for hydroxylation is 3. The summed E-state index contributed by atoms with van der Waals surface area (Å²) < 4.78 is 14.3. The summed E-state index contributed by atoms with van der Waals surface area (Å²) >= 11 is 0. The Bertz CT molecular complexity index is 1390. The molecule has 5 aromatic carbocycles. The number of fused-ring (bicyclic) bond motifs is 3. The third kappa shape index (κ3) is 3.07. The summed E-state index contributed by atoms with van der Waals surface area (Å²) in [5.41, 5.74) is 8.35. The van der Waals surface area contributed by atoms with E-state index in [1.54, 1.807) is 12.1 Å². The molecule has 5 rings (SSSR count). The van der Waals surface area contributed by atoms with Crippen LogP contribution >= 0.6 is 0 Å². The van der Waals surface area contributed by atoms with Crippen LogP contribution in [0.1, 0.15) is 16.7 Å². The van der Waals surface area contributed by atoms with Crippen molar-refractivity contribution in [1.82, 2.24) is 0 Å². The molecule has 0 bridgehead atoms. The molecular formula is C29H23F. The number of halogens is 1. The molecule has 0 unspecified atom stereocenters. The van der Waals surface area contributed by atoms with Gasteiger partial charge in [-0.25, -0.2) is 4.39 Å². The molecular weight excluding hydrogens is 367 g/mol. The second-order valence-corrected chi connectivity index (χ2v) is 8.22. The molecule has 0 N–H and O–H groups in total.